The van der Waals surface area contributed by atoms with Crippen LogP contribution in [0.4, 0.5) is 0 Å². The van der Waals surface area contributed by atoms with Crippen LogP contribution in [0, 0.1) is 13.8 Å². The molecule has 0 unspecified atom stereocenters. The highest BCUT2D eigenvalue weighted by atomic mass is 14.9. The van der Waals surface area contributed by atoms with Crippen molar-refractivity contribution in [1.82, 2.24) is 15.3 Å². The van der Waals surface area contributed by atoms with Crippen molar-refractivity contribution < 1.29 is 0 Å². The molecule has 0 aromatic carbocycles. The molecule has 1 heterocycles. The lowest BCUT2D eigenvalue weighted by Crippen LogP contribution is -2.19. The SMILES string of the molecule is CCCNCCc1c(C)nc(C(C)C)nc1C. The summed E-state index contributed by atoms with van der Waals surface area (Å²) in [6, 6.07) is 0. The predicted molar refractivity (Wildman–Crippen MR) is 72.5 cm³/mol. The number of aromatic nitrogens is 2. The van der Waals surface area contributed by atoms with E-state index in [2.05, 4.69) is 49.9 Å². The zero-order valence-electron chi connectivity index (χ0n) is 11.8. The minimum Gasteiger partial charge on any atom is -0.316 e. The molecule has 1 N–H and O–H groups in total. The Balaban J connectivity index is 2.72. The molecule has 17 heavy (non-hydrogen) atoms. The van der Waals surface area contributed by atoms with Gasteiger partial charge in [0, 0.05) is 17.3 Å². The van der Waals surface area contributed by atoms with Crippen molar-refractivity contribution in [3.8, 4) is 0 Å². The van der Waals surface area contributed by atoms with Crippen LogP contribution in [0.1, 0.15) is 55.9 Å². The Labute approximate surface area is 105 Å². The maximum Gasteiger partial charge on any atom is 0.131 e. The third-order valence-corrected chi connectivity index (χ3v) is 2.93. The summed E-state index contributed by atoms with van der Waals surface area (Å²) in [6.45, 7) is 12.7. The Morgan fingerprint density at radius 2 is 1.65 bits per heavy atom. The van der Waals surface area contributed by atoms with Gasteiger partial charge in [0.25, 0.3) is 0 Å². The second-order valence-electron chi connectivity index (χ2n) is 4.89. The summed E-state index contributed by atoms with van der Waals surface area (Å²) in [4.78, 5) is 9.19. The van der Waals surface area contributed by atoms with Gasteiger partial charge in [-0.2, -0.15) is 0 Å². The molecule has 0 aliphatic rings. The van der Waals surface area contributed by atoms with Crippen LogP contribution in [-0.4, -0.2) is 23.1 Å². The lowest BCUT2D eigenvalue weighted by atomic mass is 10.1. The van der Waals surface area contributed by atoms with E-state index in [1.165, 1.54) is 12.0 Å². The van der Waals surface area contributed by atoms with E-state index in [0.717, 1.165) is 36.7 Å². The molecule has 0 bridgehead atoms. The molecule has 96 valence electrons. The summed E-state index contributed by atoms with van der Waals surface area (Å²) in [5, 5.41) is 3.42. The number of hydrogen-bond donors (Lipinski definition) is 1. The van der Waals surface area contributed by atoms with Crippen LogP contribution in [0.3, 0.4) is 0 Å². The summed E-state index contributed by atoms with van der Waals surface area (Å²) in [7, 11) is 0. The lowest BCUT2D eigenvalue weighted by Gasteiger charge is -2.12. The van der Waals surface area contributed by atoms with E-state index in [0.29, 0.717) is 5.92 Å². The van der Waals surface area contributed by atoms with Crippen LogP contribution in [0.2, 0.25) is 0 Å². The Hall–Kier alpha value is -0.960. The van der Waals surface area contributed by atoms with Crippen LogP contribution < -0.4 is 5.32 Å². The first kappa shape index (κ1) is 14.1. The summed E-state index contributed by atoms with van der Waals surface area (Å²) in [6.07, 6.45) is 2.21. The van der Waals surface area contributed by atoms with E-state index >= 15 is 0 Å². The van der Waals surface area contributed by atoms with E-state index in [4.69, 9.17) is 0 Å². The quantitative estimate of drug-likeness (QED) is 0.770. The summed E-state index contributed by atoms with van der Waals surface area (Å²) < 4.78 is 0. The number of aryl methyl sites for hydroxylation is 2. The molecule has 1 aromatic rings. The van der Waals surface area contributed by atoms with Gasteiger partial charge in [-0.15, -0.1) is 0 Å². The predicted octanol–water partition coefficient (Wildman–Crippen LogP) is 2.76. The van der Waals surface area contributed by atoms with Crippen LogP contribution in [0.25, 0.3) is 0 Å². The van der Waals surface area contributed by atoms with Crippen molar-refractivity contribution in [3.63, 3.8) is 0 Å². The highest BCUT2D eigenvalue weighted by Gasteiger charge is 2.10. The highest BCUT2D eigenvalue weighted by Crippen LogP contribution is 2.15. The fourth-order valence-corrected chi connectivity index (χ4v) is 1.90. The zero-order chi connectivity index (χ0) is 12.8. The zero-order valence-corrected chi connectivity index (χ0v) is 11.8. The van der Waals surface area contributed by atoms with Gasteiger partial charge in [0.05, 0.1) is 0 Å². The average Bonchev–Trinajstić information content (AvgIpc) is 2.26. The van der Waals surface area contributed by atoms with Crippen molar-refractivity contribution in [2.75, 3.05) is 13.1 Å². The van der Waals surface area contributed by atoms with Crippen LogP contribution >= 0.6 is 0 Å². The second-order valence-corrected chi connectivity index (χ2v) is 4.89. The van der Waals surface area contributed by atoms with Gasteiger partial charge < -0.3 is 5.32 Å². The molecule has 3 nitrogen and oxygen atoms in total. The van der Waals surface area contributed by atoms with E-state index in [1.54, 1.807) is 0 Å². The van der Waals surface area contributed by atoms with Gasteiger partial charge in [-0.1, -0.05) is 20.8 Å². The fraction of sp³-hybridized carbons (Fsp3) is 0.714. The van der Waals surface area contributed by atoms with Crippen molar-refractivity contribution in [2.24, 2.45) is 0 Å². The van der Waals surface area contributed by atoms with Crippen molar-refractivity contribution in [3.05, 3.63) is 22.8 Å². The summed E-state index contributed by atoms with van der Waals surface area (Å²) in [5.74, 6) is 1.37. The van der Waals surface area contributed by atoms with Gasteiger partial charge in [-0.05, 0) is 45.3 Å². The summed E-state index contributed by atoms with van der Waals surface area (Å²) in [5.41, 5.74) is 3.58. The molecule has 0 fully saturated rings. The lowest BCUT2D eigenvalue weighted by molar-refractivity contribution is 0.661. The third kappa shape index (κ3) is 4.08. The number of nitrogens with one attached hydrogen (secondary N) is 1. The molecule has 0 atom stereocenters. The molecule has 1 aromatic heterocycles. The third-order valence-electron chi connectivity index (χ3n) is 2.93. The van der Waals surface area contributed by atoms with Crippen molar-refractivity contribution >= 4 is 0 Å². The number of rotatable bonds is 6. The molecule has 0 radical (unpaired) electrons. The Morgan fingerprint density at radius 3 is 2.12 bits per heavy atom. The molecule has 0 aliphatic carbocycles. The number of hydrogen-bond acceptors (Lipinski definition) is 3. The highest BCUT2D eigenvalue weighted by molar-refractivity contribution is 5.25. The van der Waals surface area contributed by atoms with Crippen LogP contribution in [-0.2, 0) is 6.42 Å². The number of nitrogens with zero attached hydrogens (tertiary/aromatic N) is 2. The largest absolute Gasteiger partial charge is 0.316 e. The smallest absolute Gasteiger partial charge is 0.131 e. The van der Waals surface area contributed by atoms with E-state index in [-0.39, 0.29) is 0 Å². The second kappa shape index (κ2) is 6.70. The minimum absolute atomic E-state index is 0.402. The van der Waals surface area contributed by atoms with Gasteiger partial charge >= 0.3 is 0 Å². The van der Waals surface area contributed by atoms with Crippen LogP contribution in [0.5, 0.6) is 0 Å². The molecule has 0 saturated heterocycles. The average molecular weight is 235 g/mol. The molecule has 0 spiro atoms. The normalized spacial score (nSPS) is 11.2. The first-order valence-electron chi connectivity index (χ1n) is 6.61. The first-order valence-corrected chi connectivity index (χ1v) is 6.61. The topological polar surface area (TPSA) is 37.8 Å². The monoisotopic (exact) mass is 235 g/mol. The standard InChI is InChI=1S/C14H25N3/c1-6-8-15-9-7-13-11(4)16-14(10(2)3)17-12(13)5/h10,15H,6-9H2,1-5H3. The molecular formula is C14H25N3. The Kier molecular flexibility index (Phi) is 5.56. The maximum atomic E-state index is 4.59. The maximum absolute atomic E-state index is 4.59. The van der Waals surface area contributed by atoms with E-state index in [1.807, 2.05) is 0 Å². The van der Waals surface area contributed by atoms with Crippen molar-refractivity contribution in [1.29, 1.82) is 0 Å². The van der Waals surface area contributed by atoms with Crippen LogP contribution in [0.15, 0.2) is 0 Å². The Bertz CT molecular complexity index is 335. The van der Waals surface area contributed by atoms with Gasteiger partial charge in [0.1, 0.15) is 5.82 Å². The molecule has 0 aliphatic heterocycles. The van der Waals surface area contributed by atoms with Gasteiger partial charge in [0.15, 0.2) is 0 Å². The molecule has 1 rings (SSSR count). The van der Waals surface area contributed by atoms with Gasteiger partial charge in [0.2, 0.25) is 0 Å². The molecular weight excluding hydrogens is 210 g/mol. The van der Waals surface area contributed by atoms with Crippen molar-refractivity contribution in [2.45, 2.75) is 53.4 Å². The van der Waals surface area contributed by atoms with E-state index < -0.39 is 0 Å². The minimum atomic E-state index is 0.402. The van der Waals surface area contributed by atoms with Gasteiger partial charge in [-0.25, -0.2) is 9.97 Å². The molecule has 0 amide bonds. The van der Waals surface area contributed by atoms with E-state index in [9.17, 15) is 0 Å². The summed E-state index contributed by atoms with van der Waals surface area (Å²) >= 11 is 0. The first-order chi connectivity index (χ1) is 8.06. The molecule has 3 heteroatoms. The Morgan fingerprint density at radius 1 is 1.06 bits per heavy atom. The van der Waals surface area contributed by atoms with Gasteiger partial charge in [-0.3, -0.25) is 0 Å². The molecule has 0 saturated carbocycles. The fourth-order valence-electron chi connectivity index (χ4n) is 1.90.